The van der Waals surface area contributed by atoms with Crippen molar-refractivity contribution < 1.29 is 9.47 Å². The molecule has 0 atom stereocenters. The maximum atomic E-state index is 9.29. The molecule has 0 unspecified atom stereocenters. The van der Waals surface area contributed by atoms with Crippen molar-refractivity contribution in [2.75, 3.05) is 14.2 Å². The topological polar surface area (TPSA) is 42.2 Å². The summed E-state index contributed by atoms with van der Waals surface area (Å²) in [7, 11) is 3.25. The molecule has 2 rings (SSSR count). The Morgan fingerprint density at radius 1 is 0.900 bits per heavy atom. The molecule has 0 spiro atoms. The number of hydrogen-bond acceptors (Lipinski definition) is 3. The summed E-state index contributed by atoms with van der Waals surface area (Å²) in [6.07, 6.45) is 1.85. The zero-order chi connectivity index (χ0) is 14.4. The number of nitriles is 1. The molecular weight excluding hydrogens is 250 g/mol. The Kier molecular flexibility index (Phi) is 4.41. The Bertz CT molecular complexity index is 634. The molecule has 0 aromatic heterocycles. The molecule has 0 aliphatic carbocycles. The summed E-state index contributed by atoms with van der Waals surface area (Å²) in [5, 5.41) is 9.29. The second kappa shape index (κ2) is 6.44. The Balaban J connectivity index is 2.30. The van der Waals surface area contributed by atoms with Crippen LogP contribution in [0.4, 0.5) is 0 Å². The minimum atomic E-state index is 0.609. The van der Waals surface area contributed by atoms with Crippen LogP contribution in [0.2, 0.25) is 0 Å². The van der Waals surface area contributed by atoms with Gasteiger partial charge in [0.2, 0.25) is 0 Å². The molecule has 0 radical (unpaired) electrons. The highest BCUT2D eigenvalue weighted by molar-refractivity contribution is 5.89. The quantitative estimate of drug-likeness (QED) is 0.624. The molecule has 3 nitrogen and oxygen atoms in total. The van der Waals surface area contributed by atoms with Gasteiger partial charge < -0.3 is 9.47 Å². The maximum absolute atomic E-state index is 9.29. The molecule has 0 aliphatic heterocycles. The summed E-state index contributed by atoms with van der Waals surface area (Å²) in [6, 6.07) is 17.2. The monoisotopic (exact) mass is 265 g/mol. The average molecular weight is 265 g/mol. The van der Waals surface area contributed by atoms with Crippen molar-refractivity contribution in [2.45, 2.75) is 0 Å². The Labute approximate surface area is 118 Å². The van der Waals surface area contributed by atoms with Gasteiger partial charge >= 0.3 is 0 Å². The molecule has 2 aromatic rings. The van der Waals surface area contributed by atoms with Crippen molar-refractivity contribution in [3.05, 3.63) is 59.7 Å². The number of hydrogen-bond donors (Lipinski definition) is 0. The maximum Gasteiger partial charge on any atom is 0.118 e. The Hall–Kier alpha value is -2.73. The zero-order valence-electron chi connectivity index (χ0n) is 11.5. The molecule has 0 saturated carbocycles. The van der Waals surface area contributed by atoms with E-state index < -0.39 is 0 Å². The van der Waals surface area contributed by atoms with Gasteiger partial charge in [-0.05, 0) is 53.6 Å². The number of methoxy groups -OCH3 is 2. The normalized spacial score (nSPS) is 10.8. The van der Waals surface area contributed by atoms with Gasteiger partial charge in [-0.2, -0.15) is 5.26 Å². The molecule has 2 aromatic carbocycles. The minimum absolute atomic E-state index is 0.609. The smallest absolute Gasteiger partial charge is 0.118 e. The van der Waals surface area contributed by atoms with E-state index in [-0.39, 0.29) is 0 Å². The SMILES string of the molecule is COc1ccc(/C=C(/C#N)c2ccc(OC)cc2)cc1. The van der Waals surface area contributed by atoms with Crippen molar-refractivity contribution in [2.24, 2.45) is 0 Å². The molecule has 0 saturated heterocycles. The molecule has 0 fully saturated rings. The highest BCUT2D eigenvalue weighted by atomic mass is 16.5. The highest BCUT2D eigenvalue weighted by Gasteiger charge is 2.02. The van der Waals surface area contributed by atoms with Crippen molar-refractivity contribution in [1.29, 1.82) is 5.26 Å². The standard InChI is InChI=1S/C17H15NO2/c1-19-16-7-3-13(4-8-16)11-15(12-18)14-5-9-17(20-2)10-6-14/h3-11H,1-2H3/b15-11-. The number of benzene rings is 2. The fraction of sp³-hybridized carbons (Fsp3) is 0.118. The lowest BCUT2D eigenvalue weighted by atomic mass is 10.0. The molecule has 0 N–H and O–H groups in total. The largest absolute Gasteiger partial charge is 0.497 e. The van der Waals surface area contributed by atoms with E-state index in [2.05, 4.69) is 6.07 Å². The molecule has 0 bridgehead atoms. The van der Waals surface area contributed by atoms with Gasteiger partial charge in [0.25, 0.3) is 0 Å². The summed E-state index contributed by atoms with van der Waals surface area (Å²) in [6.45, 7) is 0. The zero-order valence-corrected chi connectivity index (χ0v) is 11.5. The van der Waals surface area contributed by atoms with E-state index in [1.165, 1.54) is 0 Å². The van der Waals surface area contributed by atoms with E-state index in [9.17, 15) is 5.26 Å². The third kappa shape index (κ3) is 3.18. The van der Waals surface area contributed by atoms with E-state index >= 15 is 0 Å². The van der Waals surface area contributed by atoms with Gasteiger partial charge in [0.1, 0.15) is 11.5 Å². The number of allylic oxidation sites excluding steroid dienone is 1. The van der Waals surface area contributed by atoms with Crippen molar-refractivity contribution in [3.63, 3.8) is 0 Å². The fourth-order valence-electron chi connectivity index (χ4n) is 1.82. The van der Waals surface area contributed by atoms with Crippen LogP contribution in [-0.4, -0.2) is 14.2 Å². The van der Waals surface area contributed by atoms with Crippen LogP contribution in [0, 0.1) is 11.3 Å². The van der Waals surface area contributed by atoms with Gasteiger partial charge in [-0.25, -0.2) is 0 Å². The number of rotatable bonds is 4. The van der Waals surface area contributed by atoms with Crippen LogP contribution in [0.1, 0.15) is 11.1 Å². The third-order valence-electron chi connectivity index (χ3n) is 2.95. The Morgan fingerprint density at radius 2 is 1.40 bits per heavy atom. The third-order valence-corrected chi connectivity index (χ3v) is 2.95. The first-order valence-corrected chi connectivity index (χ1v) is 6.17. The molecule has 0 heterocycles. The Morgan fingerprint density at radius 3 is 1.85 bits per heavy atom. The predicted octanol–water partition coefficient (Wildman–Crippen LogP) is 3.77. The summed E-state index contributed by atoms with van der Waals surface area (Å²) in [5.74, 6) is 1.57. The van der Waals surface area contributed by atoms with E-state index in [4.69, 9.17) is 9.47 Å². The van der Waals surface area contributed by atoms with Gasteiger partial charge in [-0.3, -0.25) is 0 Å². The highest BCUT2D eigenvalue weighted by Crippen LogP contribution is 2.21. The van der Waals surface area contributed by atoms with Crippen molar-refractivity contribution in [1.82, 2.24) is 0 Å². The molecule has 20 heavy (non-hydrogen) atoms. The second-order valence-electron chi connectivity index (χ2n) is 4.17. The van der Waals surface area contributed by atoms with Crippen LogP contribution in [0.3, 0.4) is 0 Å². The van der Waals surface area contributed by atoms with Crippen LogP contribution in [0.5, 0.6) is 11.5 Å². The lowest BCUT2D eigenvalue weighted by molar-refractivity contribution is 0.414. The van der Waals surface area contributed by atoms with Crippen LogP contribution < -0.4 is 9.47 Å². The fourth-order valence-corrected chi connectivity index (χ4v) is 1.82. The van der Waals surface area contributed by atoms with Gasteiger partial charge in [0, 0.05) is 0 Å². The van der Waals surface area contributed by atoms with Gasteiger partial charge in [0.15, 0.2) is 0 Å². The minimum Gasteiger partial charge on any atom is -0.497 e. The van der Waals surface area contributed by atoms with Gasteiger partial charge in [0.05, 0.1) is 25.9 Å². The first-order valence-electron chi connectivity index (χ1n) is 6.17. The molecule has 100 valence electrons. The van der Waals surface area contributed by atoms with Crippen LogP contribution in [0.15, 0.2) is 48.5 Å². The van der Waals surface area contributed by atoms with Crippen LogP contribution >= 0.6 is 0 Å². The summed E-state index contributed by atoms with van der Waals surface area (Å²) in [5.41, 5.74) is 2.43. The lowest BCUT2D eigenvalue weighted by Crippen LogP contribution is -1.86. The molecule has 3 heteroatoms. The predicted molar refractivity (Wildman–Crippen MR) is 79.5 cm³/mol. The molecule has 0 aliphatic rings. The number of nitrogens with zero attached hydrogens (tertiary/aromatic N) is 1. The summed E-state index contributed by atoms with van der Waals surface area (Å²) >= 11 is 0. The lowest BCUT2D eigenvalue weighted by Gasteiger charge is -2.03. The first kappa shape index (κ1) is 13.7. The van der Waals surface area contributed by atoms with Gasteiger partial charge in [-0.15, -0.1) is 0 Å². The van der Waals surface area contributed by atoms with Crippen LogP contribution in [-0.2, 0) is 0 Å². The van der Waals surface area contributed by atoms with Gasteiger partial charge in [-0.1, -0.05) is 12.1 Å². The van der Waals surface area contributed by atoms with E-state index in [0.717, 1.165) is 22.6 Å². The second-order valence-corrected chi connectivity index (χ2v) is 4.17. The first-order chi connectivity index (χ1) is 9.76. The van der Waals surface area contributed by atoms with Crippen molar-refractivity contribution >= 4 is 11.6 Å². The van der Waals surface area contributed by atoms with Crippen molar-refractivity contribution in [3.8, 4) is 17.6 Å². The molecular formula is C17H15NO2. The summed E-state index contributed by atoms with van der Waals surface area (Å²) in [4.78, 5) is 0. The van der Waals surface area contributed by atoms with E-state index in [1.807, 2.05) is 54.6 Å². The number of ether oxygens (including phenoxy) is 2. The summed E-state index contributed by atoms with van der Waals surface area (Å²) < 4.78 is 10.2. The average Bonchev–Trinajstić information content (AvgIpc) is 2.53. The van der Waals surface area contributed by atoms with Crippen LogP contribution in [0.25, 0.3) is 11.6 Å². The van der Waals surface area contributed by atoms with E-state index in [0.29, 0.717) is 5.57 Å². The van der Waals surface area contributed by atoms with E-state index in [1.54, 1.807) is 14.2 Å². The molecule has 0 amide bonds.